The Hall–Kier alpha value is -2.37. The van der Waals surface area contributed by atoms with Crippen LogP contribution in [0.15, 0.2) is 29.4 Å². The summed E-state index contributed by atoms with van der Waals surface area (Å²) in [6.45, 7) is 3.56. The van der Waals surface area contributed by atoms with E-state index in [1.54, 1.807) is 6.92 Å². The van der Waals surface area contributed by atoms with Crippen LogP contribution >= 0.6 is 0 Å². The topological polar surface area (TPSA) is 91.8 Å². The molecule has 0 saturated carbocycles. The predicted molar refractivity (Wildman–Crippen MR) is 88.5 cm³/mol. The summed E-state index contributed by atoms with van der Waals surface area (Å²) < 4.78 is 0. The van der Waals surface area contributed by atoms with E-state index in [1.165, 1.54) is 6.42 Å². The van der Waals surface area contributed by atoms with Crippen molar-refractivity contribution in [2.24, 2.45) is 10.9 Å². The van der Waals surface area contributed by atoms with Gasteiger partial charge in [0.1, 0.15) is 5.84 Å². The number of hydrogen-bond acceptors (Lipinski definition) is 4. The van der Waals surface area contributed by atoms with Crippen molar-refractivity contribution in [1.29, 1.82) is 5.41 Å². The highest BCUT2D eigenvalue weighted by Gasteiger charge is 2.40. The minimum Gasteiger partial charge on any atom is -0.379 e. The highest BCUT2D eigenvalue weighted by molar-refractivity contribution is 6.06. The fourth-order valence-corrected chi connectivity index (χ4v) is 2.95. The average Bonchev–Trinajstić information content (AvgIpc) is 2.99. The Labute approximate surface area is 135 Å². The number of nitrogens with two attached hydrogens (primary N) is 1. The minimum absolute atomic E-state index is 0.366. The van der Waals surface area contributed by atoms with Gasteiger partial charge in [-0.3, -0.25) is 10.2 Å². The molecule has 2 aliphatic rings. The van der Waals surface area contributed by atoms with Crippen LogP contribution in [0.2, 0.25) is 0 Å². The number of amides is 1. The molecule has 0 aliphatic carbocycles. The van der Waals surface area contributed by atoms with E-state index in [0.29, 0.717) is 18.0 Å². The molecule has 0 spiro atoms. The number of carbonyl (C=O) groups is 1. The molecule has 3 rings (SSSR count). The van der Waals surface area contributed by atoms with E-state index in [-0.39, 0.29) is 0 Å². The van der Waals surface area contributed by atoms with Crippen molar-refractivity contribution in [2.45, 2.75) is 38.2 Å². The maximum atomic E-state index is 11.4. The first-order valence-corrected chi connectivity index (χ1v) is 7.99. The van der Waals surface area contributed by atoms with Gasteiger partial charge in [-0.15, -0.1) is 0 Å². The zero-order valence-electron chi connectivity index (χ0n) is 13.3. The molecule has 0 aromatic heterocycles. The van der Waals surface area contributed by atoms with Gasteiger partial charge in [0.15, 0.2) is 0 Å². The second kappa shape index (κ2) is 6.02. The van der Waals surface area contributed by atoms with Gasteiger partial charge in [0.2, 0.25) is 5.60 Å². The Morgan fingerprint density at radius 3 is 2.48 bits per heavy atom. The normalized spacial score (nSPS) is 24.0. The van der Waals surface area contributed by atoms with Crippen molar-refractivity contribution in [3.8, 4) is 0 Å². The first kappa shape index (κ1) is 15.5. The monoisotopic (exact) mass is 314 g/mol. The fraction of sp³-hybridized carbons (Fsp3) is 0.471. The lowest BCUT2D eigenvalue weighted by molar-refractivity contribution is -0.138. The van der Waals surface area contributed by atoms with E-state index < -0.39 is 11.5 Å². The molecule has 2 heterocycles. The van der Waals surface area contributed by atoms with Crippen molar-refractivity contribution in [1.82, 2.24) is 4.90 Å². The number of oxime groups is 1. The molecule has 6 nitrogen and oxygen atoms in total. The van der Waals surface area contributed by atoms with Gasteiger partial charge >= 0.3 is 0 Å². The summed E-state index contributed by atoms with van der Waals surface area (Å²) in [6.07, 6.45) is 3.92. The second-order valence-electron chi connectivity index (χ2n) is 6.37. The maximum Gasteiger partial charge on any atom is 0.264 e. The van der Waals surface area contributed by atoms with Crippen LogP contribution in [-0.2, 0) is 9.63 Å². The van der Waals surface area contributed by atoms with E-state index in [2.05, 4.69) is 10.1 Å². The van der Waals surface area contributed by atoms with E-state index in [1.807, 2.05) is 24.3 Å². The third-order valence-corrected chi connectivity index (χ3v) is 4.55. The highest BCUT2D eigenvalue weighted by atomic mass is 16.7. The van der Waals surface area contributed by atoms with Gasteiger partial charge in [-0.05, 0) is 31.7 Å². The van der Waals surface area contributed by atoms with Crippen LogP contribution in [0.4, 0.5) is 0 Å². The first-order valence-electron chi connectivity index (χ1n) is 7.99. The van der Waals surface area contributed by atoms with Crippen LogP contribution < -0.4 is 5.73 Å². The standard InChI is InChI=1S/C17H22N4O2/c1-17(16(19)22)11-14(20-23-17)12-5-7-13(8-6-12)15(18)21-9-3-2-4-10-21/h5-8,18H,2-4,9-11H2,1H3,(H2,19,22). The second-order valence-corrected chi connectivity index (χ2v) is 6.37. The molecule has 3 N–H and O–H groups in total. The third kappa shape index (κ3) is 3.06. The summed E-state index contributed by atoms with van der Waals surface area (Å²) in [5.74, 6) is 0.0579. The summed E-state index contributed by atoms with van der Waals surface area (Å²) >= 11 is 0. The Morgan fingerprint density at radius 1 is 1.26 bits per heavy atom. The van der Waals surface area contributed by atoms with Crippen LogP contribution in [0.3, 0.4) is 0 Å². The molecule has 1 aromatic carbocycles. The molecular weight excluding hydrogens is 292 g/mol. The van der Waals surface area contributed by atoms with Crippen LogP contribution in [0.5, 0.6) is 0 Å². The largest absolute Gasteiger partial charge is 0.379 e. The highest BCUT2D eigenvalue weighted by Crippen LogP contribution is 2.26. The van der Waals surface area contributed by atoms with E-state index >= 15 is 0 Å². The average molecular weight is 314 g/mol. The summed E-state index contributed by atoms with van der Waals surface area (Å²) in [4.78, 5) is 18.7. The Balaban J connectivity index is 1.70. The number of piperidine rings is 1. The molecule has 6 heteroatoms. The fourth-order valence-electron chi connectivity index (χ4n) is 2.95. The number of hydrogen-bond donors (Lipinski definition) is 2. The minimum atomic E-state index is -1.06. The number of nitrogens with one attached hydrogen (secondary N) is 1. The molecule has 2 aliphatic heterocycles. The first-order chi connectivity index (χ1) is 11.0. The summed E-state index contributed by atoms with van der Waals surface area (Å²) in [6, 6.07) is 7.69. The van der Waals surface area contributed by atoms with Crippen LogP contribution in [0.1, 0.15) is 43.7 Å². The number of nitrogens with zero attached hydrogens (tertiary/aromatic N) is 2. The molecule has 1 aromatic rings. The number of benzene rings is 1. The predicted octanol–water partition coefficient (Wildman–Crippen LogP) is 1.87. The molecule has 1 amide bonds. The van der Waals surface area contributed by atoms with Crippen molar-refractivity contribution >= 4 is 17.5 Å². The number of likely N-dealkylation sites (tertiary alicyclic amines) is 1. The van der Waals surface area contributed by atoms with Crippen molar-refractivity contribution < 1.29 is 9.63 Å². The number of primary amides is 1. The van der Waals surface area contributed by atoms with Gasteiger partial charge in [-0.25, -0.2) is 0 Å². The lowest BCUT2D eigenvalue weighted by Gasteiger charge is -2.29. The van der Waals surface area contributed by atoms with Gasteiger partial charge in [-0.1, -0.05) is 29.4 Å². The molecule has 0 radical (unpaired) electrons. The quantitative estimate of drug-likeness (QED) is 0.659. The lowest BCUT2D eigenvalue weighted by atomic mass is 9.95. The molecule has 23 heavy (non-hydrogen) atoms. The van der Waals surface area contributed by atoms with Crippen molar-refractivity contribution in [3.05, 3.63) is 35.4 Å². The molecule has 0 bridgehead atoms. The summed E-state index contributed by atoms with van der Waals surface area (Å²) in [5.41, 5.74) is 6.79. The van der Waals surface area contributed by atoms with Gasteiger partial charge in [0.25, 0.3) is 5.91 Å². The van der Waals surface area contributed by atoms with Gasteiger partial charge < -0.3 is 15.5 Å². The number of amidine groups is 1. The zero-order chi connectivity index (χ0) is 16.4. The molecule has 1 atom stereocenters. The van der Waals surface area contributed by atoms with Crippen molar-refractivity contribution in [3.63, 3.8) is 0 Å². The SMILES string of the molecule is CC1(C(N)=O)CC(c2ccc(C(=N)N3CCCCC3)cc2)=NO1. The Bertz CT molecular complexity index is 647. The Kier molecular flexibility index (Phi) is 4.07. The molecular formula is C17H22N4O2. The van der Waals surface area contributed by atoms with Gasteiger partial charge in [0, 0.05) is 25.1 Å². The summed E-state index contributed by atoms with van der Waals surface area (Å²) in [5, 5.41) is 12.3. The zero-order valence-corrected chi connectivity index (χ0v) is 13.3. The van der Waals surface area contributed by atoms with E-state index in [4.69, 9.17) is 16.0 Å². The van der Waals surface area contributed by atoms with Gasteiger partial charge in [0.05, 0.1) is 5.71 Å². The molecule has 1 fully saturated rings. The van der Waals surface area contributed by atoms with E-state index in [9.17, 15) is 4.79 Å². The van der Waals surface area contributed by atoms with E-state index in [0.717, 1.165) is 37.1 Å². The van der Waals surface area contributed by atoms with Gasteiger partial charge in [-0.2, -0.15) is 0 Å². The van der Waals surface area contributed by atoms with Crippen LogP contribution in [-0.4, -0.2) is 41.0 Å². The third-order valence-electron chi connectivity index (χ3n) is 4.55. The molecule has 1 saturated heterocycles. The smallest absolute Gasteiger partial charge is 0.264 e. The number of carbonyl (C=O) groups excluding carboxylic acids is 1. The molecule has 122 valence electrons. The van der Waals surface area contributed by atoms with Crippen LogP contribution in [0.25, 0.3) is 0 Å². The number of rotatable bonds is 3. The van der Waals surface area contributed by atoms with Crippen molar-refractivity contribution in [2.75, 3.05) is 13.1 Å². The molecule has 1 unspecified atom stereocenters. The Morgan fingerprint density at radius 2 is 1.91 bits per heavy atom. The summed E-state index contributed by atoms with van der Waals surface area (Å²) in [7, 11) is 0. The maximum absolute atomic E-state index is 11.4. The van der Waals surface area contributed by atoms with Crippen LogP contribution in [0, 0.1) is 5.41 Å². The lowest BCUT2D eigenvalue weighted by Crippen LogP contribution is -2.41.